The number of benzene rings is 1. The maximum absolute atomic E-state index is 11.7. The van der Waals surface area contributed by atoms with Gasteiger partial charge >= 0.3 is 0 Å². The Labute approximate surface area is 131 Å². The molecule has 0 radical (unpaired) electrons. The van der Waals surface area contributed by atoms with Crippen LogP contribution in [0.4, 0.5) is 0 Å². The van der Waals surface area contributed by atoms with Gasteiger partial charge in [0.25, 0.3) is 0 Å². The lowest BCUT2D eigenvalue weighted by molar-refractivity contribution is 0.600. The van der Waals surface area contributed by atoms with Crippen LogP contribution in [0.3, 0.4) is 0 Å². The van der Waals surface area contributed by atoms with Crippen molar-refractivity contribution in [1.82, 2.24) is 5.32 Å². The molecule has 3 nitrogen and oxygen atoms in total. The van der Waals surface area contributed by atoms with E-state index < -0.39 is 9.84 Å². The summed E-state index contributed by atoms with van der Waals surface area (Å²) >= 11 is 9.93. The summed E-state index contributed by atoms with van der Waals surface area (Å²) in [6, 6.07) is 7.87. The van der Waals surface area contributed by atoms with Crippen molar-refractivity contribution in [3.63, 3.8) is 0 Å². The van der Waals surface area contributed by atoms with Crippen molar-refractivity contribution in [3.05, 3.63) is 34.3 Å². The minimum atomic E-state index is -2.95. The van der Waals surface area contributed by atoms with Crippen LogP contribution in [0.15, 0.2) is 28.7 Å². The average Bonchev–Trinajstić information content (AvgIpc) is 2.68. The van der Waals surface area contributed by atoms with Gasteiger partial charge in [0, 0.05) is 11.0 Å². The number of hydrogen-bond acceptors (Lipinski definition) is 4. The molecule has 2 rings (SSSR count). The Bertz CT molecular complexity index is 574. The minimum Gasteiger partial charge on any atom is -0.367 e. The zero-order valence-corrected chi connectivity index (χ0v) is 14.2. The van der Waals surface area contributed by atoms with Crippen LogP contribution in [0, 0.1) is 0 Å². The van der Waals surface area contributed by atoms with E-state index in [4.69, 9.17) is 12.2 Å². The predicted molar refractivity (Wildman–Crippen MR) is 88.0 cm³/mol. The Morgan fingerprint density at radius 3 is 2.84 bits per heavy atom. The van der Waals surface area contributed by atoms with E-state index in [9.17, 15) is 8.42 Å². The smallest absolute Gasteiger partial charge is 0.162 e. The number of thioether (sulfide) groups is 1. The second-order valence-electron chi connectivity index (χ2n) is 4.29. The Balaban J connectivity index is 1.87. The minimum absolute atomic E-state index is 0.289. The maximum Gasteiger partial charge on any atom is 0.162 e. The molecule has 1 aliphatic rings. The maximum atomic E-state index is 11.7. The number of halogens is 1. The topological polar surface area (TPSA) is 46.2 Å². The van der Waals surface area contributed by atoms with Crippen LogP contribution in [0.25, 0.3) is 0 Å². The van der Waals surface area contributed by atoms with Crippen LogP contribution in [0.5, 0.6) is 0 Å². The predicted octanol–water partition coefficient (Wildman–Crippen LogP) is 3.09. The van der Waals surface area contributed by atoms with Crippen LogP contribution >= 0.6 is 39.9 Å². The summed E-state index contributed by atoms with van der Waals surface area (Å²) < 4.78 is 24.6. The molecule has 7 heteroatoms. The molecule has 0 bridgehead atoms. The highest BCUT2D eigenvalue weighted by atomic mass is 79.9. The molecular weight excluding hydrogens is 366 g/mol. The summed E-state index contributed by atoms with van der Waals surface area (Å²) in [5.41, 5.74) is 1.10. The van der Waals surface area contributed by atoms with Gasteiger partial charge in [0.05, 0.1) is 5.75 Å². The van der Waals surface area contributed by atoms with Crippen molar-refractivity contribution in [1.29, 1.82) is 0 Å². The summed E-state index contributed by atoms with van der Waals surface area (Å²) in [4.78, 5) is 0. The third-order valence-corrected chi connectivity index (χ3v) is 8.02. The van der Waals surface area contributed by atoms with E-state index in [0.29, 0.717) is 17.3 Å². The third kappa shape index (κ3) is 4.18. The molecule has 1 N–H and O–H groups in total. The van der Waals surface area contributed by atoms with Gasteiger partial charge in [0.1, 0.15) is 8.90 Å². The molecular formula is C12H14BrNO2S3. The molecule has 0 amide bonds. The number of nitrogens with one attached hydrogen (secondary N) is 1. The highest BCUT2D eigenvalue weighted by Gasteiger charge is 2.32. The van der Waals surface area contributed by atoms with Crippen molar-refractivity contribution >= 4 is 54.1 Å². The van der Waals surface area contributed by atoms with Crippen LogP contribution in [-0.4, -0.2) is 23.1 Å². The molecule has 1 aromatic rings. The highest BCUT2D eigenvalue weighted by molar-refractivity contribution is 9.10. The van der Waals surface area contributed by atoms with Crippen LogP contribution in [-0.2, 0) is 16.4 Å². The van der Waals surface area contributed by atoms with Crippen molar-refractivity contribution in [2.45, 2.75) is 24.0 Å². The highest BCUT2D eigenvalue weighted by Crippen LogP contribution is 2.30. The lowest BCUT2D eigenvalue weighted by Gasteiger charge is -2.12. The van der Waals surface area contributed by atoms with E-state index in [1.807, 2.05) is 24.3 Å². The fourth-order valence-electron chi connectivity index (χ4n) is 1.86. The molecule has 1 atom stereocenters. The Morgan fingerprint density at radius 1 is 1.47 bits per heavy atom. The monoisotopic (exact) mass is 379 g/mol. The Hall–Kier alpha value is -0.110. The molecule has 1 aliphatic heterocycles. The fourth-order valence-corrected chi connectivity index (χ4v) is 6.09. The van der Waals surface area contributed by atoms with E-state index in [1.54, 1.807) is 0 Å². The summed E-state index contributed by atoms with van der Waals surface area (Å²) in [6.07, 6.45) is 1.44. The summed E-state index contributed by atoms with van der Waals surface area (Å²) in [5.74, 6) is 0.289. The summed E-state index contributed by atoms with van der Waals surface area (Å²) in [6.45, 7) is 0.597. The number of hydrogen-bond donors (Lipinski definition) is 1. The zero-order chi connectivity index (χ0) is 13.9. The number of sulfone groups is 1. The van der Waals surface area contributed by atoms with Gasteiger partial charge in [0.15, 0.2) is 9.84 Å². The molecule has 104 valence electrons. The number of rotatable bonds is 3. The Kier molecular flexibility index (Phi) is 5.28. The van der Waals surface area contributed by atoms with E-state index in [0.717, 1.165) is 16.5 Å². The first-order valence-electron chi connectivity index (χ1n) is 5.88. The van der Waals surface area contributed by atoms with Crippen molar-refractivity contribution < 1.29 is 8.42 Å². The van der Waals surface area contributed by atoms with E-state index in [-0.39, 0.29) is 10.3 Å². The van der Waals surface area contributed by atoms with E-state index in [1.165, 1.54) is 11.8 Å². The molecule has 1 heterocycles. The van der Waals surface area contributed by atoms with Crippen LogP contribution in [0.1, 0.15) is 18.4 Å². The van der Waals surface area contributed by atoms with Crippen molar-refractivity contribution in [2.75, 3.05) is 5.75 Å². The van der Waals surface area contributed by atoms with Gasteiger partial charge < -0.3 is 5.32 Å². The molecule has 0 saturated carbocycles. The van der Waals surface area contributed by atoms with Gasteiger partial charge in [-0.3, -0.25) is 0 Å². The normalized spacial score (nSPS) is 21.2. The van der Waals surface area contributed by atoms with Crippen molar-refractivity contribution in [2.24, 2.45) is 0 Å². The largest absolute Gasteiger partial charge is 0.367 e. The molecule has 1 unspecified atom stereocenters. The zero-order valence-electron chi connectivity index (χ0n) is 10.1. The molecule has 19 heavy (non-hydrogen) atoms. The first kappa shape index (κ1) is 15.3. The first-order chi connectivity index (χ1) is 8.99. The Morgan fingerprint density at radius 2 is 2.21 bits per heavy atom. The van der Waals surface area contributed by atoms with Gasteiger partial charge in [-0.15, -0.1) is 0 Å². The fraction of sp³-hybridized carbons (Fsp3) is 0.417. The van der Waals surface area contributed by atoms with Gasteiger partial charge in [0.2, 0.25) is 0 Å². The molecule has 0 spiro atoms. The van der Waals surface area contributed by atoms with Crippen LogP contribution < -0.4 is 5.32 Å². The van der Waals surface area contributed by atoms with Gasteiger partial charge in [-0.1, -0.05) is 58.1 Å². The molecule has 1 saturated heterocycles. The lowest BCUT2D eigenvalue weighted by atomic mass is 10.2. The van der Waals surface area contributed by atoms with Crippen LogP contribution in [0.2, 0.25) is 0 Å². The van der Waals surface area contributed by atoms with Gasteiger partial charge in [-0.05, 0) is 24.5 Å². The third-order valence-electron chi connectivity index (χ3n) is 2.89. The van der Waals surface area contributed by atoms with Gasteiger partial charge in [-0.25, -0.2) is 8.42 Å². The number of thiocarbonyl (C=S) groups is 1. The molecule has 1 aromatic carbocycles. The summed E-state index contributed by atoms with van der Waals surface area (Å²) in [5, 5.41) is 3.10. The van der Waals surface area contributed by atoms with E-state index >= 15 is 0 Å². The SMILES string of the molecule is O=S1(=O)CCCC1SC(=S)NCc1ccccc1Br. The second kappa shape index (κ2) is 6.56. The standard InChI is InChI=1S/C12H14BrNO2S3/c13-10-5-2-1-4-9(10)8-14-12(17)18-11-6-3-7-19(11,15)16/h1-2,4-5,11H,3,6-8H2,(H,14,17). The summed E-state index contributed by atoms with van der Waals surface area (Å²) in [7, 11) is -2.95. The lowest BCUT2D eigenvalue weighted by Crippen LogP contribution is -2.23. The van der Waals surface area contributed by atoms with Crippen molar-refractivity contribution in [3.8, 4) is 0 Å². The molecule has 1 fully saturated rings. The molecule has 0 aliphatic carbocycles. The first-order valence-corrected chi connectivity index (χ1v) is 9.68. The van der Waals surface area contributed by atoms with E-state index in [2.05, 4.69) is 21.2 Å². The quantitative estimate of drug-likeness (QED) is 0.817. The van der Waals surface area contributed by atoms with Gasteiger partial charge in [-0.2, -0.15) is 0 Å². The second-order valence-corrected chi connectivity index (χ2v) is 9.62. The average molecular weight is 380 g/mol. The molecule has 0 aromatic heterocycles.